The Hall–Kier alpha value is -2.69. The zero-order chi connectivity index (χ0) is 15.2. The molecule has 5 heteroatoms. The standard InChI is InChI=1S/C16H16N2O3/c1-11(12-5-3-2-4-6-12)16(21)18-14-8-7-13(17-10-14)9-15(19)20/h2-8,10-11H,9H2,1H3,(H,18,21)(H,19,20). The maximum absolute atomic E-state index is 12.1. The molecule has 1 aromatic heterocycles. The molecule has 0 saturated carbocycles. The van der Waals surface area contributed by atoms with Crippen molar-refractivity contribution in [3.63, 3.8) is 0 Å². The maximum Gasteiger partial charge on any atom is 0.309 e. The first-order chi connectivity index (χ1) is 10.1. The minimum Gasteiger partial charge on any atom is -0.481 e. The summed E-state index contributed by atoms with van der Waals surface area (Å²) in [6.07, 6.45) is 1.34. The van der Waals surface area contributed by atoms with Crippen LogP contribution in [0, 0.1) is 0 Å². The molecule has 108 valence electrons. The van der Waals surface area contributed by atoms with Gasteiger partial charge >= 0.3 is 5.97 Å². The number of nitrogens with one attached hydrogen (secondary N) is 1. The van der Waals surface area contributed by atoms with E-state index in [2.05, 4.69) is 10.3 Å². The fraction of sp³-hybridized carbons (Fsp3) is 0.188. The molecule has 0 aliphatic rings. The highest BCUT2D eigenvalue weighted by atomic mass is 16.4. The molecule has 1 unspecified atom stereocenters. The van der Waals surface area contributed by atoms with Gasteiger partial charge in [-0.1, -0.05) is 30.3 Å². The summed E-state index contributed by atoms with van der Waals surface area (Å²) in [6.45, 7) is 1.83. The van der Waals surface area contributed by atoms with E-state index < -0.39 is 5.97 Å². The lowest BCUT2D eigenvalue weighted by atomic mass is 10.0. The van der Waals surface area contributed by atoms with Crippen molar-refractivity contribution in [2.45, 2.75) is 19.3 Å². The molecule has 5 nitrogen and oxygen atoms in total. The number of hydrogen-bond donors (Lipinski definition) is 2. The van der Waals surface area contributed by atoms with Crippen molar-refractivity contribution in [1.29, 1.82) is 0 Å². The fourth-order valence-electron chi connectivity index (χ4n) is 1.90. The Morgan fingerprint density at radius 3 is 2.48 bits per heavy atom. The topological polar surface area (TPSA) is 79.3 Å². The SMILES string of the molecule is CC(C(=O)Nc1ccc(CC(=O)O)nc1)c1ccccc1. The lowest BCUT2D eigenvalue weighted by molar-refractivity contribution is -0.136. The van der Waals surface area contributed by atoms with Gasteiger partial charge in [0.2, 0.25) is 5.91 Å². The lowest BCUT2D eigenvalue weighted by Gasteiger charge is -2.12. The van der Waals surface area contributed by atoms with Crippen LogP contribution < -0.4 is 5.32 Å². The van der Waals surface area contributed by atoms with Crippen molar-refractivity contribution in [2.24, 2.45) is 0 Å². The molecule has 0 fully saturated rings. The summed E-state index contributed by atoms with van der Waals surface area (Å²) in [7, 11) is 0. The van der Waals surface area contributed by atoms with Crippen LogP contribution in [0.4, 0.5) is 5.69 Å². The van der Waals surface area contributed by atoms with Gasteiger partial charge in [-0.25, -0.2) is 0 Å². The average molecular weight is 284 g/mol. The Morgan fingerprint density at radius 1 is 1.19 bits per heavy atom. The predicted molar refractivity (Wildman–Crippen MR) is 79.1 cm³/mol. The van der Waals surface area contributed by atoms with Crippen LogP contribution in [-0.4, -0.2) is 22.0 Å². The van der Waals surface area contributed by atoms with Gasteiger partial charge in [-0.15, -0.1) is 0 Å². The third-order valence-corrected chi connectivity index (χ3v) is 3.12. The second-order valence-electron chi connectivity index (χ2n) is 4.73. The highest BCUT2D eigenvalue weighted by molar-refractivity contribution is 5.95. The highest BCUT2D eigenvalue weighted by Crippen LogP contribution is 2.17. The summed E-state index contributed by atoms with van der Waals surface area (Å²) in [5.74, 6) is -1.34. The van der Waals surface area contributed by atoms with Crippen molar-refractivity contribution in [2.75, 3.05) is 5.32 Å². The van der Waals surface area contributed by atoms with Gasteiger partial charge in [0, 0.05) is 0 Å². The molecule has 0 spiro atoms. The summed E-state index contributed by atoms with van der Waals surface area (Å²) in [4.78, 5) is 26.7. The van der Waals surface area contributed by atoms with Gasteiger partial charge in [0.15, 0.2) is 0 Å². The molecule has 2 aromatic rings. The number of anilines is 1. The second-order valence-corrected chi connectivity index (χ2v) is 4.73. The molecule has 0 aliphatic carbocycles. The summed E-state index contributed by atoms with van der Waals surface area (Å²) < 4.78 is 0. The molecule has 21 heavy (non-hydrogen) atoms. The lowest BCUT2D eigenvalue weighted by Crippen LogP contribution is -2.19. The number of carboxylic acid groups (broad SMARTS) is 1. The van der Waals surface area contributed by atoms with E-state index in [1.807, 2.05) is 37.3 Å². The number of nitrogens with zero attached hydrogens (tertiary/aromatic N) is 1. The molecule has 2 rings (SSSR count). The first-order valence-electron chi connectivity index (χ1n) is 6.59. The van der Waals surface area contributed by atoms with E-state index in [0.717, 1.165) is 5.56 Å². The van der Waals surface area contributed by atoms with E-state index >= 15 is 0 Å². The molecule has 1 amide bonds. The van der Waals surface area contributed by atoms with Crippen LogP contribution in [0.5, 0.6) is 0 Å². The van der Waals surface area contributed by atoms with E-state index in [1.54, 1.807) is 12.1 Å². The summed E-state index contributed by atoms with van der Waals surface area (Å²) in [6, 6.07) is 12.7. The van der Waals surface area contributed by atoms with Crippen LogP contribution in [-0.2, 0) is 16.0 Å². The van der Waals surface area contributed by atoms with Crippen LogP contribution in [0.1, 0.15) is 24.1 Å². The Labute approximate surface area is 122 Å². The molecular formula is C16H16N2O3. The van der Waals surface area contributed by atoms with E-state index in [0.29, 0.717) is 11.4 Å². The predicted octanol–water partition coefficient (Wildman–Crippen LogP) is 2.45. The van der Waals surface area contributed by atoms with Crippen molar-refractivity contribution >= 4 is 17.6 Å². The van der Waals surface area contributed by atoms with Crippen LogP contribution in [0.3, 0.4) is 0 Å². The molecule has 1 aromatic carbocycles. The van der Waals surface area contributed by atoms with Gasteiger partial charge in [0.05, 0.1) is 29.9 Å². The molecule has 2 N–H and O–H groups in total. The largest absolute Gasteiger partial charge is 0.481 e. The van der Waals surface area contributed by atoms with Gasteiger partial charge in [-0.2, -0.15) is 0 Å². The average Bonchev–Trinajstić information content (AvgIpc) is 2.49. The molecule has 0 bridgehead atoms. The normalized spacial score (nSPS) is 11.7. The van der Waals surface area contributed by atoms with Crippen LogP contribution in [0.15, 0.2) is 48.7 Å². The van der Waals surface area contributed by atoms with Gasteiger partial charge in [-0.3, -0.25) is 14.6 Å². The number of carbonyl (C=O) groups excluding carboxylic acids is 1. The number of carbonyl (C=O) groups is 2. The number of rotatable bonds is 5. The van der Waals surface area contributed by atoms with Crippen LogP contribution in [0.2, 0.25) is 0 Å². The Morgan fingerprint density at radius 2 is 1.90 bits per heavy atom. The zero-order valence-electron chi connectivity index (χ0n) is 11.6. The van der Waals surface area contributed by atoms with E-state index in [9.17, 15) is 9.59 Å². The number of benzene rings is 1. The minimum atomic E-state index is -0.933. The number of carboxylic acids is 1. The molecule has 0 radical (unpaired) electrons. The van der Waals surface area contributed by atoms with E-state index in [4.69, 9.17) is 5.11 Å². The van der Waals surface area contributed by atoms with Crippen LogP contribution >= 0.6 is 0 Å². The molecule has 1 heterocycles. The van der Waals surface area contributed by atoms with Gasteiger partial charge in [0.1, 0.15) is 0 Å². The first-order valence-corrected chi connectivity index (χ1v) is 6.59. The van der Waals surface area contributed by atoms with Crippen LogP contribution in [0.25, 0.3) is 0 Å². The molecule has 1 atom stereocenters. The number of aromatic nitrogens is 1. The third-order valence-electron chi connectivity index (χ3n) is 3.12. The second kappa shape index (κ2) is 6.65. The van der Waals surface area contributed by atoms with Crippen molar-refractivity contribution in [3.8, 4) is 0 Å². The maximum atomic E-state index is 12.1. The minimum absolute atomic E-state index is 0.130. The third kappa shape index (κ3) is 4.14. The molecular weight excluding hydrogens is 268 g/mol. The summed E-state index contributed by atoms with van der Waals surface area (Å²) >= 11 is 0. The van der Waals surface area contributed by atoms with Crippen molar-refractivity contribution < 1.29 is 14.7 Å². The first kappa shape index (κ1) is 14.7. The smallest absolute Gasteiger partial charge is 0.309 e. The van der Waals surface area contributed by atoms with Gasteiger partial charge < -0.3 is 10.4 Å². The quantitative estimate of drug-likeness (QED) is 0.884. The number of aliphatic carboxylic acids is 1. The Balaban J connectivity index is 2.01. The van der Waals surface area contributed by atoms with Gasteiger partial charge in [0.25, 0.3) is 0 Å². The summed E-state index contributed by atoms with van der Waals surface area (Å²) in [5.41, 5.74) is 1.94. The molecule has 0 aliphatic heterocycles. The van der Waals surface area contributed by atoms with E-state index in [-0.39, 0.29) is 18.2 Å². The highest BCUT2D eigenvalue weighted by Gasteiger charge is 2.15. The number of hydrogen-bond acceptors (Lipinski definition) is 3. The monoisotopic (exact) mass is 284 g/mol. The Kier molecular flexibility index (Phi) is 4.66. The summed E-state index contributed by atoms with van der Waals surface area (Å²) in [5, 5.41) is 11.4. The number of pyridine rings is 1. The Bertz CT molecular complexity index is 624. The molecule has 0 saturated heterocycles. The van der Waals surface area contributed by atoms with Crippen molar-refractivity contribution in [3.05, 3.63) is 59.9 Å². The van der Waals surface area contributed by atoms with Crippen molar-refractivity contribution in [1.82, 2.24) is 4.98 Å². The van der Waals surface area contributed by atoms with Gasteiger partial charge in [-0.05, 0) is 24.6 Å². The van der Waals surface area contributed by atoms with E-state index in [1.165, 1.54) is 6.20 Å². The number of amides is 1. The fourth-order valence-corrected chi connectivity index (χ4v) is 1.90. The zero-order valence-corrected chi connectivity index (χ0v) is 11.6.